The number of rotatable bonds is 10. The van der Waals surface area contributed by atoms with E-state index >= 15 is 8.78 Å². The van der Waals surface area contributed by atoms with Crippen LogP contribution in [0.3, 0.4) is 0 Å². The van der Waals surface area contributed by atoms with E-state index in [0.29, 0.717) is 23.3 Å². The normalized spacial score (nSPS) is 12.0. The lowest BCUT2D eigenvalue weighted by atomic mass is 9.98. The highest BCUT2D eigenvalue weighted by Crippen LogP contribution is 2.38. The van der Waals surface area contributed by atoms with Gasteiger partial charge in [-0.05, 0) is 88.7 Å². The Balaban J connectivity index is 1.30. The molecule has 0 aliphatic carbocycles. The van der Waals surface area contributed by atoms with Crippen molar-refractivity contribution in [1.29, 1.82) is 0 Å². The van der Waals surface area contributed by atoms with E-state index in [0.717, 1.165) is 67.6 Å². The van der Waals surface area contributed by atoms with Crippen molar-refractivity contribution in [1.82, 2.24) is 0 Å². The first-order valence-corrected chi connectivity index (χ1v) is 14.7. The van der Waals surface area contributed by atoms with Crippen LogP contribution in [0, 0.1) is 23.3 Å². The maximum Gasteiger partial charge on any atom is 0.432 e. The van der Waals surface area contributed by atoms with Crippen LogP contribution in [0.15, 0.2) is 97.1 Å². The van der Waals surface area contributed by atoms with Crippen molar-refractivity contribution in [3.8, 4) is 39.1 Å². The fourth-order valence-electron chi connectivity index (χ4n) is 5.22. The number of alkyl halides is 5. The molecule has 0 atom stereocenters. The van der Waals surface area contributed by atoms with Crippen LogP contribution in [0.1, 0.15) is 42.9 Å². The Morgan fingerprint density at radius 2 is 1.06 bits per heavy atom. The molecular formula is C37H27F9O. The molecule has 0 saturated heterocycles. The minimum atomic E-state index is -4.90. The molecular weight excluding hydrogens is 631 g/mol. The molecule has 0 N–H and O–H groups in total. The van der Waals surface area contributed by atoms with Gasteiger partial charge in [0.05, 0.1) is 5.56 Å². The summed E-state index contributed by atoms with van der Waals surface area (Å²) in [6.45, 7) is 2.09. The van der Waals surface area contributed by atoms with Gasteiger partial charge in [0.2, 0.25) is 0 Å². The van der Waals surface area contributed by atoms with Crippen LogP contribution in [0.5, 0.6) is 5.75 Å². The van der Waals surface area contributed by atoms with Gasteiger partial charge in [-0.3, -0.25) is 0 Å². The first-order chi connectivity index (χ1) is 22.3. The number of hydrogen-bond acceptors (Lipinski definition) is 1. The zero-order chi connectivity index (χ0) is 33.9. The fraction of sp³-hybridized carbons (Fsp3) is 0.189. The number of aryl methyl sites for hydroxylation is 1. The monoisotopic (exact) mass is 658 g/mol. The molecule has 0 unspecified atom stereocenters. The molecule has 0 amide bonds. The van der Waals surface area contributed by atoms with Gasteiger partial charge in [0.25, 0.3) is 0 Å². The summed E-state index contributed by atoms with van der Waals surface area (Å²) in [4.78, 5) is 0. The molecule has 5 aromatic rings. The Hall–Kier alpha value is -4.73. The van der Waals surface area contributed by atoms with E-state index in [1.165, 1.54) is 24.3 Å². The Bertz CT molecular complexity index is 1840. The van der Waals surface area contributed by atoms with Crippen LogP contribution in [0.25, 0.3) is 33.4 Å². The quantitative estimate of drug-likeness (QED) is 0.107. The van der Waals surface area contributed by atoms with Gasteiger partial charge in [-0.15, -0.1) is 0 Å². The number of hydrogen-bond donors (Lipinski definition) is 0. The minimum absolute atomic E-state index is 0.0886. The van der Waals surface area contributed by atoms with Crippen LogP contribution in [-0.2, 0) is 18.7 Å². The van der Waals surface area contributed by atoms with Gasteiger partial charge in [0.15, 0.2) is 0 Å². The third-order valence-electron chi connectivity index (χ3n) is 7.68. The van der Waals surface area contributed by atoms with Crippen molar-refractivity contribution in [3.63, 3.8) is 0 Å². The molecule has 10 heteroatoms. The van der Waals surface area contributed by atoms with Gasteiger partial charge < -0.3 is 4.74 Å². The van der Waals surface area contributed by atoms with Crippen molar-refractivity contribution in [3.05, 3.63) is 137 Å². The van der Waals surface area contributed by atoms with Gasteiger partial charge in [0, 0.05) is 5.56 Å². The highest BCUT2D eigenvalue weighted by Gasteiger charge is 2.41. The molecule has 0 spiro atoms. The Morgan fingerprint density at radius 3 is 1.64 bits per heavy atom. The Labute approximate surface area is 265 Å². The second kappa shape index (κ2) is 13.6. The SMILES string of the molecule is CCCCCc1ccc(-c2cc(F)c(C(F)(F)Oc3ccc(-c4ccc(-c5ccc(C(F)(F)F)c(F)c5)c(F)c4)cc3)c(F)c2)cc1. The standard InChI is InChI=1S/C37H27F9O/c1-2-3-4-5-22-6-8-24(9-7-22)27-20-33(40)35(34(41)21-27)37(45,46)47-28-14-10-23(11-15-28)25-12-16-29(31(38)18-25)26-13-17-30(32(39)19-26)36(42,43)44/h6-21H,2-5H2,1H3. The fourth-order valence-corrected chi connectivity index (χ4v) is 5.22. The first kappa shape index (κ1) is 33.6. The zero-order valence-corrected chi connectivity index (χ0v) is 24.9. The van der Waals surface area contributed by atoms with Crippen LogP contribution < -0.4 is 4.74 Å². The summed E-state index contributed by atoms with van der Waals surface area (Å²) in [7, 11) is 0. The summed E-state index contributed by atoms with van der Waals surface area (Å²) in [5.74, 6) is -5.83. The molecule has 0 heterocycles. The van der Waals surface area contributed by atoms with Gasteiger partial charge in [-0.1, -0.05) is 74.4 Å². The minimum Gasteiger partial charge on any atom is -0.429 e. The van der Waals surface area contributed by atoms with E-state index in [4.69, 9.17) is 4.74 Å². The summed E-state index contributed by atoms with van der Waals surface area (Å²) < 4.78 is 132. The molecule has 5 rings (SSSR count). The summed E-state index contributed by atoms with van der Waals surface area (Å²) in [6, 6.07) is 19.2. The van der Waals surface area contributed by atoms with E-state index in [1.54, 1.807) is 12.1 Å². The molecule has 0 aliphatic heterocycles. The topological polar surface area (TPSA) is 9.23 Å². The number of benzene rings is 5. The molecule has 0 radical (unpaired) electrons. The van der Waals surface area contributed by atoms with Crippen molar-refractivity contribution < 1.29 is 44.3 Å². The molecule has 0 fully saturated rings. The molecule has 0 bridgehead atoms. The highest BCUT2D eigenvalue weighted by atomic mass is 19.4. The maximum absolute atomic E-state index is 15.1. The molecule has 244 valence electrons. The summed E-state index contributed by atoms with van der Waals surface area (Å²) in [5.41, 5.74) is -1.10. The Morgan fingerprint density at radius 1 is 0.532 bits per heavy atom. The lowest BCUT2D eigenvalue weighted by Crippen LogP contribution is -2.25. The molecule has 47 heavy (non-hydrogen) atoms. The lowest BCUT2D eigenvalue weighted by Gasteiger charge is -2.20. The van der Waals surface area contributed by atoms with Crippen molar-refractivity contribution in [2.75, 3.05) is 0 Å². The van der Waals surface area contributed by atoms with E-state index in [-0.39, 0.29) is 22.3 Å². The second-order valence-electron chi connectivity index (χ2n) is 11.0. The number of ether oxygens (including phenoxy) is 1. The first-order valence-electron chi connectivity index (χ1n) is 14.7. The third-order valence-corrected chi connectivity index (χ3v) is 7.68. The lowest BCUT2D eigenvalue weighted by molar-refractivity contribution is -0.189. The largest absolute Gasteiger partial charge is 0.432 e. The van der Waals surface area contributed by atoms with E-state index < -0.39 is 52.4 Å². The third kappa shape index (κ3) is 7.64. The van der Waals surface area contributed by atoms with Crippen molar-refractivity contribution >= 4 is 0 Å². The van der Waals surface area contributed by atoms with Gasteiger partial charge in [0.1, 0.15) is 34.6 Å². The van der Waals surface area contributed by atoms with Crippen molar-refractivity contribution in [2.24, 2.45) is 0 Å². The maximum atomic E-state index is 15.1. The molecule has 5 aromatic carbocycles. The Kier molecular flexibility index (Phi) is 9.70. The van der Waals surface area contributed by atoms with E-state index in [9.17, 15) is 30.7 Å². The number of unbranched alkanes of at least 4 members (excludes halogenated alkanes) is 2. The molecule has 1 nitrogen and oxygen atoms in total. The van der Waals surface area contributed by atoms with Gasteiger partial charge >= 0.3 is 12.3 Å². The van der Waals surface area contributed by atoms with Crippen LogP contribution >= 0.6 is 0 Å². The zero-order valence-electron chi connectivity index (χ0n) is 24.9. The summed E-state index contributed by atoms with van der Waals surface area (Å²) >= 11 is 0. The summed E-state index contributed by atoms with van der Waals surface area (Å²) in [5, 5.41) is 0. The van der Waals surface area contributed by atoms with Gasteiger partial charge in [-0.25, -0.2) is 17.6 Å². The van der Waals surface area contributed by atoms with E-state index in [2.05, 4.69) is 6.92 Å². The predicted octanol–water partition coefficient (Wildman–Crippen LogP) is 12.1. The smallest absolute Gasteiger partial charge is 0.429 e. The summed E-state index contributed by atoms with van der Waals surface area (Å²) in [6.07, 6.45) is -5.27. The van der Waals surface area contributed by atoms with Crippen molar-refractivity contribution in [2.45, 2.75) is 44.9 Å². The van der Waals surface area contributed by atoms with Crippen LogP contribution in [0.4, 0.5) is 39.5 Å². The molecule has 0 aliphatic rings. The predicted molar refractivity (Wildman–Crippen MR) is 162 cm³/mol. The highest BCUT2D eigenvalue weighted by molar-refractivity contribution is 5.72. The van der Waals surface area contributed by atoms with Crippen LogP contribution in [0.2, 0.25) is 0 Å². The molecule has 0 saturated carbocycles. The molecule has 0 aromatic heterocycles. The average Bonchev–Trinajstić information content (AvgIpc) is 3.00. The number of halogens is 9. The van der Waals surface area contributed by atoms with Crippen LogP contribution in [-0.4, -0.2) is 0 Å². The average molecular weight is 659 g/mol. The second-order valence-corrected chi connectivity index (χ2v) is 11.0. The van der Waals surface area contributed by atoms with Gasteiger partial charge in [-0.2, -0.15) is 22.0 Å². The van der Waals surface area contributed by atoms with E-state index in [1.807, 2.05) is 12.1 Å².